The molecule has 0 radical (unpaired) electrons. The lowest BCUT2D eigenvalue weighted by molar-refractivity contribution is -0.186. The lowest BCUT2D eigenvalue weighted by atomic mass is 10.3. The molecule has 2 rings (SSSR count). The van der Waals surface area contributed by atoms with Gasteiger partial charge in [-0.25, -0.2) is 4.79 Å². The SMILES string of the molecule is Cc1cn(C2COC(C)(CO)O2)c(=O)[nH]c1=O. The van der Waals surface area contributed by atoms with Gasteiger partial charge in [-0.05, 0) is 13.8 Å². The molecule has 0 spiro atoms. The summed E-state index contributed by atoms with van der Waals surface area (Å²) < 4.78 is 11.9. The Bertz CT molecular complexity index is 534. The van der Waals surface area contributed by atoms with E-state index in [1.165, 1.54) is 10.8 Å². The molecule has 7 heteroatoms. The molecule has 0 bridgehead atoms. The lowest BCUT2D eigenvalue weighted by Crippen LogP contribution is -2.35. The highest BCUT2D eigenvalue weighted by molar-refractivity contribution is 5.01. The summed E-state index contributed by atoms with van der Waals surface area (Å²) in [5, 5.41) is 9.06. The second kappa shape index (κ2) is 4.10. The number of hydrogen-bond donors (Lipinski definition) is 2. The van der Waals surface area contributed by atoms with Crippen LogP contribution >= 0.6 is 0 Å². The number of rotatable bonds is 2. The first-order valence-corrected chi connectivity index (χ1v) is 5.20. The van der Waals surface area contributed by atoms with E-state index >= 15 is 0 Å². The summed E-state index contributed by atoms with van der Waals surface area (Å²) in [6, 6.07) is 0. The Morgan fingerprint density at radius 2 is 2.35 bits per heavy atom. The highest BCUT2D eigenvalue weighted by atomic mass is 16.8. The molecule has 2 N–H and O–H groups in total. The Hall–Kier alpha value is -1.44. The maximum atomic E-state index is 11.6. The van der Waals surface area contributed by atoms with Crippen LogP contribution in [0.1, 0.15) is 18.7 Å². The smallest absolute Gasteiger partial charge is 0.330 e. The summed E-state index contributed by atoms with van der Waals surface area (Å²) in [6.07, 6.45) is 0.772. The van der Waals surface area contributed by atoms with Crippen molar-refractivity contribution >= 4 is 0 Å². The van der Waals surface area contributed by atoms with E-state index in [1.54, 1.807) is 13.8 Å². The molecule has 1 aliphatic heterocycles. The van der Waals surface area contributed by atoms with Gasteiger partial charge in [0, 0.05) is 11.8 Å². The maximum absolute atomic E-state index is 11.6. The predicted octanol–water partition coefficient (Wildman–Crippen LogP) is -0.901. The van der Waals surface area contributed by atoms with Gasteiger partial charge in [0.25, 0.3) is 5.56 Å². The fourth-order valence-corrected chi connectivity index (χ4v) is 1.62. The molecule has 2 unspecified atom stereocenters. The Morgan fingerprint density at radius 3 is 2.94 bits per heavy atom. The molecule has 2 atom stereocenters. The van der Waals surface area contributed by atoms with Gasteiger partial charge < -0.3 is 14.6 Å². The summed E-state index contributed by atoms with van der Waals surface area (Å²) in [6.45, 7) is 3.01. The van der Waals surface area contributed by atoms with Crippen LogP contribution in [0.5, 0.6) is 0 Å². The van der Waals surface area contributed by atoms with Crippen LogP contribution < -0.4 is 11.2 Å². The van der Waals surface area contributed by atoms with E-state index in [2.05, 4.69) is 4.98 Å². The molecule has 94 valence electrons. The van der Waals surface area contributed by atoms with E-state index in [1.807, 2.05) is 0 Å². The molecule has 1 aromatic rings. The highest BCUT2D eigenvalue weighted by Gasteiger charge is 2.38. The normalized spacial score (nSPS) is 28.5. The molecule has 17 heavy (non-hydrogen) atoms. The summed E-state index contributed by atoms with van der Waals surface area (Å²) in [5.74, 6) is -1.10. The van der Waals surface area contributed by atoms with Crippen molar-refractivity contribution in [3.8, 4) is 0 Å². The van der Waals surface area contributed by atoms with Crippen molar-refractivity contribution < 1.29 is 14.6 Å². The van der Waals surface area contributed by atoms with Crippen LogP contribution in [0.4, 0.5) is 0 Å². The first-order chi connectivity index (χ1) is 7.95. The minimum absolute atomic E-state index is 0.141. The van der Waals surface area contributed by atoms with Crippen molar-refractivity contribution in [1.82, 2.24) is 9.55 Å². The minimum Gasteiger partial charge on any atom is -0.391 e. The average molecular weight is 242 g/mol. The van der Waals surface area contributed by atoms with Crippen molar-refractivity contribution in [1.29, 1.82) is 0 Å². The standard InChI is InChI=1S/C10H14N2O5/c1-6-3-12(9(15)11-8(6)14)7-4-16-10(2,5-13)17-7/h3,7,13H,4-5H2,1-2H3,(H,11,14,15). The largest absolute Gasteiger partial charge is 0.391 e. The van der Waals surface area contributed by atoms with Gasteiger partial charge >= 0.3 is 5.69 Å². The number of aryl methyl sites for hydroxylation is 1. The summed E-state index contributed by atoms with van der Waals surface area (Å²) in [4.78, 5) is 25.0. The topological polar surface area (TPSA) is 93.6 Å². The van der Waals surface area contributed by atoms with Gasteiger partial charge in [0.05, 0.1) is 13.2 Å². The Kier molecular flexibility index (Phi) is 2.90. The molecular formula is C10H14N2O5. The third-order valence-electron chi connectivity index (χ3n) is 2.66. The van der Waals surface area contributed by atoms with Crippen LogP contribution in [-0.4, -0.2) is 33.7 Å². The van der Waals surface area contributed by atoms with Crippen molar-refractivity contribution in [2.24, 2.45) is 0 Å². The van der Waals surface area contributed by atoms with Crippen molar-refractivity contribution in [3.05, 3.63) is 32.6 Å². The molecule has 2 heterocycles. The van der Waals surface area contributed by atoms with Gasteiger partial charge in [-0.3, -0.25) is 14.3 Å². The fraction of sp³-hybridized carbons (Fsp3) is 0.600. The molecule has 1 aliphatic rings. The third-order valence-corrected chi connectivity index (χ3v) is 2.66. The molecule has 0 aromatic carbocycles. The zero-order chi connectivity index (χ0) is 12.6. The van der Waals surface area contributed by atoms with Gasteiger partial charge in [-0.15, -0.1) is 0 Å². The van der Waals surface area contributed by atoms with Crippen LogP contribution in [0.2, 0.25) is 0 Å². The van der Waals surface area contributed by atoms with E-state index in [-0.39, 0.29) is 13.2 Å². The molecule has 1 fully saturated rings. The van der Waals surface area contributed by atoms with Gasteiger partial charge in [-0.2, -0.15) is 0 Å². The van der Waals surface area contributed by atoms with E-state index in [9.17, 15) is 9.59 Å². The fourth-order valence-electron chi connectivity index (χ4n) is 1.62. The van der Waals surface area contributed by atoms with Crippen molar-refractivity contribution in [2.45, 2.75) is 25.9 Å². The first kappa shape index (κ1) is 12.0. The van der Waals surface area contributed by atoms with Crippen LogP contribution in [0.25, 0.3) is 0 Å². The lowest BCUT2D eigenvalue weighted by Gasteiger charge is -2.20. The maximum Gasteiger partial charge on any atom is 0.330 e. The molecule has 7 nitrogen and oxygen atoms in total. The Balaban J connectivity index is 2.34. The second-order valence-corrected chi connectivity index (χ2v) is 4.15. The summed E-state index contributed by atoms with van der Waals surface area (Å²) >= 11 is 0. The zero-order valence-electron chi connectivity index (χ0n) is 9.60. The van der Waals surface area contributed by atoms with Crippen LogP contribution in [-0.2, 0) is 9.47 Å². The van der Waals surface area contributed by atoms with Crippen molar-refractivity contribution in [2.75, 3.05) is 13.2 Å². The monoisotopic (exact) mass is 242 g/mol. The number of aromatic nitrogens is 2. The van der Waals surface area contributed by atoms with Crippen LogP contribution in [0, 0.1) is 6.92 Å². The number of aromatic amines is 1. The van der Waals surface area contributed by atoms with E-state index in [0.29, 0.717) is 5.56 Å². The van der Waals surface area contributed by atoms with E-state index < -0.39 is 23.3 Å². The third kappa shape index (κ3) is 2.17. The average Bonchev–Trinajstić information content (AvgIpc) is 2.67. The van der Waals surface area contributed by atoms with Gasteiger partial charge in [0.2, 0.25) is 0 Å². The molecule has 1 saturated heterocycles. The number of hydrogen-bond acceptors (Lipinski definition) is 5. The number of nitrogens with one attached hydrogen (secondary N) is 1. The number of aliphatic hydroxyl groups excluding tert-OH is 1. The summed E-state index contributed by atoms with van der Waals surface area (Å²) in [7, 11) is 0. The van der Waals surface area contributed by atoms with Crippen molar-refractivity contribution in [3.63, 3.8) is 0 Å². The molecule has 1 aromatic heterocycles. The Morgan fingerprint density at radius 1 is 1.65 bits per heavy atom. The number of ether oxygens (including phenoxy) is 2. The van der Waals surface area contributed by atoms with E-state index in [4.69, 9.17) is 14.6 Å². The summed E-state index contributed by atoms with van der Waals surface area (Å²) in [5.41, 5.74) is -0.572. The van der Waals surface area contributed by atoms with Gasteiger partial charge in [0.15, 0.2) is 12.0 Å². The number of nitrogens with zero attached hydrogens (tertiary/aromatic N) is 1. The second-order valence-electron chi connectivity index (χ2n) is 4.15. The zero-order valence-corrected chi connectivity index (χ0v) is 9.60. The molecular weight excluding hydrogens is 228 g/mol. The highest BCUT2D eigenvalue weighted by Crippen LogP contribution is 2.27. The van der Waals surface area contributed by atoms with E-state index in [0.717, 1.165) is 0 Å². The Labute approximate surface area is 96.6 Å². The van der Waals surface area contributed by atoms with Gasteiger partial charge in [0.1, 0.15) is 0 Å². The molecule has 0 aliphatic carbocycles. The van der Waals surface area contributed by atoms with Crippen LogP contribution in [0.3, 0.4) is 0 Å². The van der Waals surface area contributed by atoms with Crippen LogP contribution in [0.15, 0.2) is 15.8 Å². The first-order valence-electron chi connectivity index (χ1n) is 5.20. The molecule has 0 amide bonds. The predicted molar refractivity (Wildman–Crippen MR) is 57.6 cm³/mol. The quantitative estimate of drug-likeness (QED) is 0.701. The number of H-pyrrole nitrogens is 1. The molecule has 0 saturated carbocycles. The van der Waals surface area contributed by atoms with Gasteiger partial charge in [-0.1, -0.05) is 0 Å². The minimum atomic E-state index is -1.10. The number of aliphatic hydroxyl groups is 1.